The van der Waals surface area contributed by atoms with Gasteiger partial charge in [0.05, 0.1) is 11.6 Å². The fourth-order valence-corrected chi connectivity index (χ4v) is 2.74. The number of carbonyl (C=O) groups is 1. The van der Waals surface area contributed by atoms with E-state index in [0.717, 1.165) is 12.1 Å². The van der Waals surface area contributed by atoms with Gasteiger partial charge in [-0.15, -0.1) is 4.83 Å². The fourth-order valence-electron chi connectivity index (χ4n) is 1.83. The minimum atomic E-state index is -4.43. The zero-order valence-corrected chi connectivity index (χ0v) is 14.2. The summed E-state index contributed by atoms with van der Waals surface area (Å²) in [6.07, 6.45) is -1.09. The average Bonchev–Trinajstić information content (AvgIpc) is 2.60. The molecule has 26 heavy (non-hydrogen) atoms. The van der Waals surface area contributed by atoms with Gasteiger partial charge in [-0.05, 0) is 43.3 Å². The van der Waals surface area contributed by atoms with Crippen LogP contribution in [0.1, 0.15) is 12.5 Å². The molecule has 0 bridgehead atoms. The van der Waals surface area contributed by atoms with Crippen LogP contribution in [0, 0.1) is 23.0 Å². The maximum Gasteiger partial charge on any atom is 0.275 e. The van der Waals surface area contributed by atoms with Gasteiger partial charge in [0.1, 0.15) is 22.3 Å². The number of sulfonamides is 1. The number of nitrogens with one attached hydrogen (secondary N) is 2. The van der Waals surface area contributed by atoms with Crippen LogP contribution < -0.4 is 15.0 Å². The minimum absolute atomic E-state index is 0.291. The quantitative estimate of drug-likeness (QED) is 0.739. The zero-order chi connectivity index (χ0) is 19.3. The fraction of sp³-hybridized carbons (Fsp3) is 0.125. The van der Waals surface area contributed by atoms with Gasteiger partial charge in [-0.25, -0.2) is 17.2 Å². The highest BCUT2D eigenvalue weighted by Gasteiger charge is 2.22. The molecule has 136 valence electrons. The Hall–Kier alpha value is -3.03. The summed E-state index contributed by atoms with van der Waals surface area (Å²) < 4.78 is 55.6. The number of carbonyl (C=O) groups excluding carboxylic acids is 1. The monoisotopic (exact) mass is 381 g/mol. The van der Waals surface area contributed by atoms with Crippen molar-refractivity contribution in [3.63, 3.8) is 0 Å². The summed E-state index contributed by atoms with van der Waals surface area (Å²) in [4.78, 5) is 12.8. The second-order valence-corrected chi connectivity index (χ2v) is 6.72. The molecule has 10 heteroatoms. The Bertz CT molecular complexity index is 956. The number of hydrazine groups is 1. The van der Waals surface area contributed by atoms with Gasteiger partial charge in [-0.1, -0.05) is 0 Å². The van der Waals surface area contributed by atoms with Crippen molar-refractivity contribution in [1.82, 2.24) is 10.3 Å². The molecule has 7 nitrogen and oxygen atoms in total. The Balaban J connectivity index is 1.99. The van der Waals surface area contributed by atoms with Crippen molar-refractivity contribution in [3.05, 3.63) is 59.7 Å². The van der Waals surface area contributed by atoms with Crippen molar-refractivity contribution in [2.24, 2.45) is 0 Å². The predicted molar refractivity (Wildman–Crippen MR) is 86.1 cm³/mol. The van der Waals surface area contributed by atoms with Crippen LogP contribution in [0.15, 0.2) is 47.4 Å². The first-order valence-corrected chi connectivity index (χ1v) is 8.65. The van der Waals surface area contributed by atoms with Gasteiger partial charge in [0.25, 0.3) is 15.9 Å². The molecule has 0 aliphatic rings. The number of amides is 1. The van der Waals surface area contributed by atoms with Crippen LogP contribution in [0.2, 0.25) is 0 Å². The predicted octanol–water partition coefficient (Wildman–Crippen LogP) is 1.61. The lowest BCUT2D eigenvalue weighted by atomic mass is 10.2. The van der Waals surface area contributed by atoms with Gasteiger partial charge in [-0.2, -0.15) is 5.26 Å². The molecule has 0 saturated heterocycles. The molecule has 0 saturated carbocycles. The Morgan fingerprint density at radius 1 is 1.19 bits per heavy atom. The summed E-state index contributed by atoms with van der Waals surface area (Å²) in [5.74, 6) is -2.79. The first-order chi connectivity index (χ1) is 12.2. The zero-order valence-electron chi connectivity index (χ0n) is 13.4. The van der Waals surface area contributed by atoms with E-state index in [0.29, 0.717) is 17.4 Å². The number of hydrogen-bond acceptors (Lipinski definition) is 5. The number of halogens is 2. The van der Waals surface area contributed by atoms with Gasteiger partial charge in [0.2, 0.25) is 0 Å². The maximum atomic E-state index is 13.6. The van der Waals surface area contributed by atoms with Crippen LogP contribution in [-0.2, 0) is 14.8 Å². The van der Waals surface area contributed by atoms with E-state index in [9.17, 15) is 22.0 Å². The Kier molecular flexibility index (Phi) is 5.86. The molecule has 2 rings (SSSR count). The SMILES string of the molecule is C[C@H](Oc1ccc(C#N)cc1)C(=O)NNS(=O)(=O)c1ccc(F)cc1F. The van der Waals surface area contributed by atoms with E-state index in [1.807, 2.05) is 11.5 Å². The molecule has 0 fully saturated rings. The summed E-state index contributed by atoms with van der Waals surface area (Å²) in [6, 6.07) is 9.76. The van der Waals surface area contributed by atoms with Crippen molar-refractivity contribution >= 4 is 15.9 Å². The van der Waals surface area contributed by atoms with E-state index in [1.54, 1.807) is 4.83 Å². The lowest BCUT2D eigenvalue weighted by Crippen LogP contribution is -2.47. The van der Waals surface area contributed by atoms with Crippen molar-refractivity contribution in [3.8, 4) is 11.8 Å². The van der Waals surface area contributed by atoms with E-state index >= 15 is 0 Å². The van der Waals surface area contributed by atoms with Crippen LogP contribution in [0.3, 0.4) is 0 Å². The first kappa shape index (κ1) is 19.3. The van der Waals surface area contributed by atoms with Gasteiger partial charge in [-0.3, -0.25) is 10.2 Å². The summed E-state index contributed by atoms with van der Waals surface area (Å²) in [7, 11) is -4.43. The highest BCUT2D eigenvalue weighted by Crippen LogP contribution is 2.15. The van der Waals surface area contributed by atoms with Gasteiger partial charge < -0.3 is 4.74 Å². The molecule has 2 aromatic carbocycles. The third-order valence-corrected chi connectivity index (χ3v) is 4.44. The number of benzene rings is 2. The van der Waals surface area contributed by atoms with Crippen molar-refractivity contribution < 1.29 is 26.7 Å². The van der Waals surface area contributed by atoms with Crippen molar-refractivity contribution in [2.45, 2.75) is 17.9 Å². The van der Waals surface area contributed by atoms with Crippen LogP contribution in [-0.4, -0.2) is 20.4 Å². The van der Waals surface area contributed by atoms with Crippen LogP contribution in [0.4, 0.5) is 8.78 Å². The van der Waals surface area contributed by atoms with Gasteiger partial charge in [0.15, 0.2) is 6.10 Å². The number of rotatable bonds is 6. The highest BCUT2D eigenvalue weighted by atomic mass is 32.2. The summed E-state index contributed by atoms with van der Waals surface area (Å²) in [5.41, 5.74) is 2.30. The first-order valence-electron chi connectivity index (χ1n) is 7.16. The van der Waals surface area contributed by atoms with Crippen LogP contribution in [0.5, 0.6) is 5.75 Å². The summed E-state index contributed by atoms with van der Waals surface area (Å²) in [5, 5.41) is 8.71. The van der Waals surface area contributed by atoms with Crippen LogP contribution in [0.25, 0.3) is 0 Å². The maximum absolute atomic E-state index is 13.6. The van der Waals surface area contributed by atoms with Crippen molar-refractivity contribution in [2.75, 3.05) is 0 Å². The van der Waals surface area contributed by atoms with E-state index in [2.05, 4.69) is 0 Å². The Labute approximate surface area is 148 Å². The molecule has 1 amide bonds. The van der Waals surface area contributed by atoms with E-state index in [-0.39, 0.29) is 0 Å². The molecular weight excluding hydrogens is 368 g/mol. The minimum Gasteiger partial charge on any atom is -0.481 e. The number of nitriles is 1. The standard InChI is InChI=1S/C16H13F2N3O4S/c1-10(25-13-5-2-11(9-19)3-6-13)16(22)20-21-26(23,24)15-7-4-12(17)8-14(15)18/h2-8,10,21H,1H3,(H,20,22)/t10-/m0/s1. The Morgan fingerprint density at radius 2 is 1.85 bits per heavy atom. The molecule has 0 radical (unpaired) electrons. The Morgan fingerprint density at radius 3 is 2.42 bits per heavy atom. The highest BCUT2D eigenvalue weighted by molar-refractivity contribution is 7.89. The lowest BCUT2D eigenvalue weighted by molar-refractivity contribution is -0.127. The molecule has 0 unspecified atom stereocenters. The molecule has 0 heterocycles. The largest absolute Gasteiger partial charge is 0.481 e. The smallest absolute Gasteiger partial charge is 0.275 e. The van der Waals surface area contributed by atoms with Gasteiger partial charge in [0, 0.05) is 6.07 Å². The molecule has 1 atom stereocenters. The van der Waals surface area contributed by atoms with E-state index in [1.165, 1.54) is 31.2 Å². The van der Waals surface area contributed by atoms with E-state index in [4.69, 9.17) is 10.00 Å². The third kappa shape index (κ3) is 4.75. The van der Waals surface area contributed by atoms with E-state index < -0.39 is 38.6 Å². The number of hydrogen-bond donors (Lipinski definition) is 2. The molecule has 0 aromatic heterocycles. The molecule has 2 N–H and O–H groups in total. The number of nitrogens with zero attached hydrogens (tertiary/aromatic N) is 1. The average molecular weight is 381 g/mol. The lowest BCUT2D eigenvalue weighted by Gasteiger charge is -2.15. The molecule has 2 aromatic rings. The topological polar surface area (TPSA) is 108 Å². The number of ether oxygens (including phenoxy) is 1. The summed E-state index contributed by atoms with van der Waals surface area (Å²) in [6.45, 7) is 1.36. The van der Waals surface area contributed by atoms with Crippen LogP contribution >= 0.6 is 0 Å². The molecule has 0 aliphatic carbocycles. The van der Waals surface area contributed by atoms with Gasteiger partial charge >= 0.3 is 0 Å². The molecule has 0 aliphatic heterocycles. The second-order valence-electron chi connectivity index (χ2n) is 5.07. The summed E-state index contributed by atoms with van der Waals surface area (Å²) >= 11 is 0. The molecular formula is C16H13F2N3O4S. The van der Waals surface area contributed by atoms with Crippen molar-refractivity contribution in [1.29, 1.82) is 5.26 Å². The normalized spacial score (nSPS) is 12.1. The second kappa shape index (κ2) is 7.90. The molecule has 0 spiro atoms. The third-order valence-electron chi connectivity index (χ3n) is 3.16.